The summed E-state index contributed by atoms with van der Waals surface area (Å²) >= 11 is 0. The Morgan fingerprint density at radius 2 is 1.61 bits per heavy atom. The molecule has 1 heterocycles. The molecular weight excluding hydrogens is 414 g/mol. The fourth-order valence-corrected chi connectivity index (χ4v) is 4.17. The third kappa shape index (κ3) is 6.44. The molecule has 1 saturated heterocycles. The molecule has 1 unspecified atom stereocenters. The average molecular weight is 450 g/mol. The number of piperidine rings is 1. The van der Waals surface area contributed by atoms with Gasteiger partial charge in [-0.1, -0.05) is 49.7 Å². The highest BCUT2D eigenvalue weighted by molar-refractivity contribution is 5.98. The van der Waals surface area contributed by atoms with Crippen molar-refractivity contribution in [1.82, 2.24) is 15.5 Å². The summed E-state index contributed by atoms with van der Waals surface area (Å²) in [4.78, 5) is 40.8. The molecule has 3 rings (SSSR count). The number of likely N-dealkylation sites (tertiary alicyclic amines) is 1. The monoisotopic (exact) mass is 449 g/mol. The van der Waals surface area contributed by atoms with Gasteiger partial charge in [0.25, 0.3) is 11.8 Å². The molecule has 176 valence electrons. The summed E-state index contributed by atoms with van der Waals surface area (Å²) in [5, 5.41) is 5.98. The van der Waals surface area contributed by atoms with Gasteiger partial charge in [-0.15, -0.1) is 0 Å². The lowest BCUT2D eigenvalue weighted by Crippen LogP contribution is -2.54. The van der Waals surface area contributed by atoms with Gasteiger partial charge in [0.15, 0.2) is 0 Å². The van der Waals surface area contributed by atoms with Gasteiger partial charge in [-0.25, -0.2) is 0 Å². The Morgan fingerprint density at radius 1 is 0.970 bits per heavy atom. The first-order valence-electron chi connectivity index (χ1n) is 11.8. The molecule has 1 fully saturated rings. The van der Waals surface area contributed by atoms with Crippen molar-refractivity contribution in [2.75, 3.05) is 19.6 Å². The molecule has 33 heavy (non-hydrogen) atoms. The number of amides is 3. The zero-order chi connectivity index (χ0) is 24.0. The Kier molecular flexibility index (Phi) is 8.26. The predicted molar refractivity (Wildman–Crippen MR) is 130 cm³/mol. The zero-order valence-corrected chi connectivity index (χ0v) is 20.1. The van der Waals surface area contributed by atoms with Crippen LogP contribution in [0.2, 0.25) is 0 Å². The van der Waals surface area contributed by atoms with Crippen LogP contribution in [0.4, 0.5) is 0 Å². The number of nitrogens with zero attached hydrogens (tertiary/aromatic N) is 1. The number of carbonyl (C=O) groups excluding carboxylic acids is 3. The minimum atomic E-state index is -0.632. The van der Waals surface area contributed by atoms with Crippen LogP contribution in [0.25, 0.3) is 0 Å². The van der Waals surface area contributed by atoms with Crippen molar-refractivity contribution in [2.24, 2.45) is 11.8 Å². The van der Waals surface area contributed by atoms with Gasteiger partial charge in [0.2, 0.25) is 5.91 Å². The Morgan fingerprint density at radius 3 is 2.21 bits per heavy atom. The normalized spacial score (nSPS) is 15.2. The second-order valence-electron chi connectivity index (χ2n) is 9.40. The van der Waals surface area contributed by atoms with Crippen LogP contribution < -0.4 is 10.6 Å². The molecule has 0 aromatic heterocycles. The highest BCUT2D eigenvalue weighted by Crippen LogP contribution is 2.23. The van der Waals surface area contributed by atoms with Crippen molar-refractivity contribution >= 4 is 17.7 Å². The van der Waals surface area contributed by atoms with Crippen LogP contribution in [0.15, 0.2) is 48.5 Å². The highest BCUT2D eigenvalue weighted by Gasteiger charge is 2.34. The Bertz CT molecular complexity index is 976. The van der Waals surface area contributed by atoms with Gasteiger partial charge in [0.05, 0.1) is 0 Å². The van der Waals surface area contributed by atoms with Crippen LogP contribution in [0.3, 0.4) is 0 Å². The van der Waals surface area contributed by atoms with Crippen LogP contribution >= 0.6 is 0 Å². The van der Waals surface area contributed by atoms with Crippen LogP contribution in [-0.4, -0.2) is 48.3 Å². The van der Waals surface area contributed by atoms with E-state index in [1.807, 2.05) is 75.1 Å². The molecule has 0 spiro atoms. The summed E-state index contributed by atoms with van der Waals surface area (Å²) < 4.78 is 0. The SMILES string of the molecule is Cc1ccc(C(=O)N2CCC(C(NC(=O)c3ccccc3C)C(=O)NCC(C)C)CC2)cc1. The first kappa shape index (κ1) is 24.5. The lowest BCUT2D eigenvalue weighted by molar-refractivity contribution is -0.124. The first-order valence-corrected chi connectivity index (χ1v) is 11.8. The quantitative estimate of drug-likeness (QED) is 0.676. The van der Waals surface area contributed by atoms with Crippen LogP contribution in [-0.2, 0) is 4.79 Å². The van der Waals surface area contributed by atoms with E-state index in [9.17, 15) is 14.4 Å². The fraction of sp³-hybridized carbons (Fsp3) is 0.444. The van der Waals surface area contributed by atoms with E-state index in [0.717, 1.165) is 11.1 Å². The Hall–Kier alpha value is -3.15. The summed E-state index contributed by atoms with van der Waals surface area (Å²) in [7, 11) is 0. The van der Waals surface area contributed by atoms with Crippen molar-refractivity contribution in [3.63, 3.8) is 0 Å². The van der Waals surface area contributed by atoms with Gasteiger partial charge in [-0.2, -0.15) is 0 Å². The molecule has 1 aliphatic heterocycles. The molecule has 2 N–H and O–H groups in total. The molecule has 0 bridgehead atoms. The molecule has 0 radical (unpaired) electrons. The lowest BCUT2D eigenvalue weighted by Gasteiger charge is -2.36. The van der Waals surface area contributed by atoms with Crippen molar-refractivity contribution in [3.8, 4) is 0 Å². The number of carbonyl (C=O) groups is 3. The summed E-state index contributed by atoms with van der Waals surface area (Å²) in [5.41, 5.74) is 3.24. The van der Waals surface area contributed by atoms with Crippen molar-refractivity contribution in [2.45, 2.75) is 46.6 Å². The number of rotatable bonds is 7. The third-order valence-electron chi connectivity index (χ3n) is 6.24. The van der Waals surface area contributed by atoms with Crippen molar-refractivity contribution in [1.29, 1.82) is 0 Å². The van der Waals surface area contributed by atoms with Crippen molar-refractivity contribution in [3.05, 3.63) is 70.8 Å². The van der Waals surface area contributed by atoms with E-state index < -0.39 is 6.04 Å². The summed E-state index contributed by atoms with van der Waals surface area (Å²) in [6.45, 7) is 9.64. The predicted octanol–water partition coefficient (Wildman–Crippen LogP) is 3.73. The van der Waals surface area contributed by atoms with Gasteiger partial charge >= 0.3 is 0 Å². The third-order valence-corrected chi connectivity index (χ3v) is 6.24. The largest absolute Gasteiger partial charge is 0.354 e. The molecule has 3 amide bonds. The Labute approximate surface area is 196 Å². The van der Waals surface area contributed by atoms with Gasteiger partial charge in [-0.3, -0.25) is 14.4 Å². The van der Waals surface area contributed by atoms with Gasteiger partial charge in [-0.05, 0) is 62.3 Å². The number of nitrogens with one attached hydrogen (secondary N) is 2. The second kappa shape index (κ2) is 11.1. The summed E-state index contributed by atoms with van der Waals surface area (Å²) in [6, 6.07) is 14.3. The maximum absolute atomic E-state index is 13.1. The van der Waals surface area contributed by atoms with Crippen molar-refractivity contribution < 1.29 is 14.4 Å². The summed E-state index contributed by atoms with van der Waals surface area (Å²) in [6.07, 6.45) is 1.32. The molecule has 6 nitrogen and oxygen atoms in total. The van der Waals surface area contributed by atoms with E-state index in [2.05, 4.69) is 10.6 Å². The molecule has 6 heteroatoms. The smallest absolute Gasteiger partial charge is 0.253 e. The van der Waals surface area contributed by atoms with Gasteiger partial charge in [0, 0.05) is 30.8 Å². The van der Waals surface area contributed by atoms with Crippen LogP contribution in [0.5, 0.6) is 0 Å². The molecular formula is C27H35N3O3. The summed E-state index contributed by atoms with van der Waals surface area (Å²) in [5.74, 6) is -0.106. The Balaban J connectivity index is 1.69. The van der Waals surface area contributed by atoms with Gasteiger partial charge in [0.1, 0.15) is 6.04 Å². The lowest BCUT2D eigenvalue weighted by atomic mass is 9.88. The number of aryl methyl sites for hydroxylation is 2. The minimum absolute atomic E-state index is 0.0122. The van der Waals surface area contributed by atoms with Crippen LogP contribution in [0, 0.1) is 25.7 Å². The second-order valence-corrected chi connectivity index (χ2v) is 9.40. The highest BCUT2D eigenvalue weighted by atomic mass is 16.2. The molecule has 2 aromatic carbocycles. The maximum Gasteiger partial charge on any atom is 0.253 e. The van der Waals surface area contributed by atoms with Crippen LogP contribution in [0.1, 0.15) is 58.5 Å². The molecule has 0 aliphatic carbocycles. The molecule has 0 saturated carbocycles. The van der Waals surface area contributed by atoms with E-state index in [1.54, 1.807) is 6.07 Å². The van der Waals surface area contributed by atoms with E-state index in [0.29, 0.717) is 49.5 Å². The molecule has 2 aromatic rings. The number of hydrogen-bond donors (Lipinski definition) is 2. The maximum atomic E-state index is 13.1. The first-order chi connectivity index (χ1) is 15.8. The topological polar surface area (TPSA) is 78.5 Å². The van der Waals surface area contributed by atoms with E-state index in [-0.39, 0.29) is 23.6 Å². The molecule has 1 atom stereocenters. The molecule has 1 aliphatic rings. The standard InChI is InChI=1S/C27H35N3O3/c1-18(2)17-28-26(32)24(29-25(31)23-8-6-5-7-20(23)4)21-13-15-30(16-14-21)27(33)22-11-9-19(3)10-12-22/h5-12,18,21,24H,13-17H2,1-4H3,(H,28,32)(H,29,31). The van der Waals surface area contributed by atoms with E-state index >= 15 is 0 Å². The number of benzene rings is 2. The fourth-order valence-electron chi connectivity index (χ4n) is 4.17. The minimum Gasteiger partial charge on any atom is -0.354 e. The van der Waals surface area contributed by atoms with Gasteiger partial charge < -0.3 is 15.5 Å². The average Bonchev–Trinajstić information content (AvgIpc) is 2.81. The van der Waals surface area contributed by atoms with E-state index in [4.69, 9.17) is 0 Å². The van der Waals surface area contributed by atoms with E-state index in [1.165, 1.54) is 0 Å². The zero-order valence-electron chi connectivity index (χ0n) is 20.1. The number of hydrogen-bond acceptors (Lipinski definition) is 3.